The van der Waals surface area contributed by atoms with E-state index in [0.717, 1.165) is 0 Å². The summed E-state index contributed by atoms with van der Waals surface area (Å²) >= 11 is 0. The Labute approximate surface area is 110 Å². The Morgan fingerprint density at radius 1 is 1.28 bits per heavy atom. The second-order valence-corrected chi connectivity index (χ2v) is 10.9. The fraction of sp³-hybridized carbons (Fsp3) is 1.00. The first-order valence-corrected chi connectivity index (χ1v) is 9.22. The molecular formula is C12H27F2NO2Si. The number of hydrogen-bond donors (Lipinski definition) is 2. The van der Waals surface area contributed by atoms with E-state index in [2.05, 4.69) is 39.2 Å². The van der Waals surface area contributed by atoms with Gasteiger partial charge < -0.3 is 14.8 Å². The zero-order chi connectivity index (χ0) is 14.6. The molecule has 2 N–H and O–H groups in total. The van der Waals surface area contributed by atoms with E-state index in [4.69, 9.17) is 4.43 Å². The quantitative estimate of drug-likeness (QED) is 0.706. The third-order valence-electron chi connectivity index (χ3n) is 3.58. The topological polar surface area (TPSA) is 41.5 Å². The van der Waals surface area contributed by atoms with Crippen LogP contribution in [0.1, 0.15) is 27.7 Å². The summed E-state index contributed by atoms with van der Waals surface area (Å²) in [5.74, 6) is 0. The SMILES string of the molecule is CC(O[Si](C)(C)C(C)(C)C)C(CO)NCC(F)F. The van der Waals surface area contributed by atoms with E-state index in [0.29, 0.717) is 0 Å². The Morgan fingerprint density at radius 3 is 2.11 bits per heavy atom. The number of halogens is 2. The van der Waals surface area contributed by atoms with Crippen molar-refractivity contribution in [2.75, 3.05) is 13.2 Å². The zero-order valence-corrected chi connectivity index (χ0v) is 13.3. The summed E-state index contributed by atoms with van der Waals surface area (Å²) in [6.07, 6.45) is -2.70. The van der Waals surface area contributed by atoms with Gasteiger partial charge in [0.25, 0.3) is 6.43 Å². The van der Waals surface area contributed by atoms with Gasteiger partial charge in [-0.3, -0.25) is 0 Å². The fourth-order valence-corrected chi connectivity index (χ4v) is 2.79. The van der Waals surface area contributed by atoms with Crippen LogP contribution >= 0.6 is 0 Å². The van der Waals surface area contributed by atoms with Crippen molar-refractivity contribution in [2.24, 2.45) is 0 Å². The number of rotatable bonds is 7. The van der Waals surface area contributed by atoms with Gasteiger partial charge in [0.2, 0.25) is 0 Å². The van der Waals surface area contributed by atoms with E-state index >= 15 is 0 Å². The molecule has 18 heavy (non-hydrogen) atoms. The third kappa shape index (κ3) is 5.73. The van der Waals surface area contributed by atoms with Crippen LogP contribution < -0.4 is 5.32 Å². The maximum absolute atomic E-state index is 12.1. The van der Waals surface area contributed by atoms with Gasteiger partial charge in [-0.05, 0) is 25.1 Å². The molecule has 0 aromatic rings. The average molecular weight is 283 g/mol. The Hall–Kier alpha value is -0.0431. The van der Waals surface area contributed by atoms with Crippen molar-refractivity contribution in [3.8, 4) is 0 Å². The van der Waals surface area contributed by atoms with Crippen molar-refractivity contribution < 1.29 is 18.3 Å². The Morgan fingerprint density at radius 2 is 1.78 bits per heavy atom. The van der Waals surface area contributed by atoms with E-state index in [-0.39, 0.29) is 17.7 Å². The molecule has 0 aliphatic heterocycles. The highest BCUT2D eigenvalue weighted by Gasteiger charge is 2.39. The lowest BCUT2D eigenvalue weighted by atomic mass is 10.2. The highest BCUT2D eigenvalue weighted by Crippen LogP contribution is 2.37. The monoisotopic (exact) mass is 283 g/mol. The minimum atomic E-state index is -2.42. The molecule has 6 heteroatoms. The number of hydrogen-bond acceptors (Lipinski definition) is 3. The van der Waals surface area contributed by atoms with Gasteiger partial charge in [-0.25, -0.2) is 8.78 Å². The van der Waals surface area contributed by atoms with Crippen LogP contribution in [-0.2, 0) is 4.43 Å². The van der Waals surface area contributed by atoms with Crippen LogP contribution in [0.5, 0.6) is 0 Å². The molecule has 0 spiro atoms. The van der Waals surface area contributed by atoms with Crippen LogP contribution in [0.15, 0.2) is 0 Å². The van der Waals surface area contributed by atoms with Gasteiger partial charge in [-0.2, -0.15) is 0 Å². The molecule has 2 unspecified atom stereocenters. The highest BCUT2D eigenvalue weighted by molar-refractivity contribution is 6.74. The molecule has 0 aliphatic carbocycles. The lowest BCUT2D eigenvalue weighted by Crippen LogP contribution is -2.51. The van der Waals surface area contributed by atoms with Gasteiger partial charge in [0.05, 0.1) is 25.3 Å². The molecule has 0 heterocycles. The number of nitrogens with one attached hydrogen (secondary N) is 1. The lowest BCUT2D eigenvalue weighted by molar-refractivity contribution is 0.0872. The van der Waals surface area contributed by atoms with Gasteiger partial charge in [0.15, 0.2) is 8.32 Å². The molecule has 0 fully saturated rings. The molecule has 0 aromatic carbocycles. The van der Waals surface area contributed by atoms with E-state index in [1.807, 2.05) is 6.92 Å². The zero-order valence-electron chi connectivity index (χ0n) is 12.3. The molecule has 2 atom stereocenters. The van der Waals surface area contributed by atoms with Crippen LogP contribution in [0.3, 0.4) is 0 Å². The summed E-state index contributed by atoms with van der Waals surface area (Å²) < 4.78 is 30.4. The number of alkyl halides is 2. The molecule has 0 amide bonds. The lowest BCUT2D eigenvalue weighted by Gasteiger charge is -2.40. The maximum atomic E-state index is 12.1. The Kier molecular flexibility index (Phi) is 6.92. The molecular weight excluding hydrogens is 256 g/mol. The van der Waals surface area contributed by atoms with Crippen molar-refractivity contribution in [3.05, 3.63) is 0 Å². The summed E-state index contributed by atoms with van der Waals surface area (Å²) in [6, 6.07) is -0.451. The van der Waals surface area contributed by atoms with Crippen LogP contribution in [-0.4, -0.2) is 45.1 Å². The smallest absolute Gasteiger partial charge is 0.250 e. The molecule has 0 radical (unpaired) electrons. The van der Waals surface area contributed by atoms with Gasteiger partial charge in [0, 0.05) is 0 Å². The van der Waals surface area contributed by atoms with E-state index < -0.39 is 27.3 Å². The normalized spacial score (nSPS) is 17.0. The van der Waals surface area contributed by atoms with Crippen molar-refractivity contribution in [2.45, 2.75) is 64.4 Å². The molecule has 110 valence electrons. The Balaban J connectivity index is 4.48. The summed E-state index contributed by atoms with van der Waals surface area (Å²) in [5.41, 5.74) is 0. The Bertz CT molecular complexity index is 245. The molecule has 0 aromatic heterocycles. The van der Waals surface area contributed by atoms with Crippen LogP contribution in [0.25, 0.3) is 0 Å². The molecule has 0 bridgehead atoms. The number of aliphatic hydroxyl groups is 1. The standard InChI is InChI=1S/C12H27F2NO2Si/c1-9(10(8-16)15-7-11(13)14)17-18(5,6)12(2,3)4/h9-11,15-16H,7-8H2,1-6H3. The van der Waals surface area contributed by atoms with Crippen LogP contribution in [0.2, 0.25) is 18.1 Å². The molecule has 0 saturated heterocycles. The largest absolute Gasteiger partial charge is 0.413 e. The average Bonchev–Trinajstić information content (AvgIpc) is 2.15. The van der Waals surface area contributed by atoms with Gasteiger partial charge in [-0.1, -0.05) is 20.8 Å². The van der Waals surface area contributed by atoms with Crippen molar-refractivity contribution in [3.63, 3.8) is 0 Å². The maximum Gasteiger partial charge on any atom is 0.250 e. The van der Waals surface area contributed by atoms with Gasteiger partial charge in [0.1, 0.15) is 0 Å². The predicted octanol–water partition coefficient (Wildman–Crippen LogP) is 2.61. The second-order valence-electron chi connectivity index (χ2n) is 6.17. The predicted molar refractivity (Wildman–Crippen MR) is 72.6 cm³/mol. The van der Waals surface area contributed by atoms with Gasteiger partial charge in [-0.15, -0.1) is 0 Å². The number of aliphatic hydroxyl groups excluding tert-OH is 1. The van der Waals surface area contributed by atoms with Crippen molar-refractivity contribution >= 4 is 8.32 Å². The second kappa shape index (κ2) is 6.93. The first-order valence-electron chi connectivity index (χ1n) is 6.31. The minimum absolute atomic E-state index is 0.0595. The molecule has 3 nitrogen and oxygen atoms in total. The third-order valence-corrected chi connectivity index (χ3v) is 8.16. The van der Waals surface area contributed by atoms with Gasteiger partial charge >= 0.3 is 0 Å². The summed E-state index contributed by atoms with van der Waals surface area (Å²) in [7, 11) is -1.94. The summed E-state index contributed by atoms with van der Waals surface area (Å²) in [6.45, 7) is 11.8. The van der Waals surface area contributed by atoms with Crippen molar-refractivity contribution in [1.82, 2.24) is 5.32 Å². The summed E-state index contributed by atoms with van der Waals surface area (Å²) in [5, 5.41) is 11.9. The minimum Gasteiger partial charge on any atom is -0.413 e. The molecule has 0 rings (SSSR count). The first-order chi connectivity index (χ1) is 8.01. The fourth-order valence-electron chi connectivity index (χ4n) is 1.34. The van der Waals surface area contributed by atoms with E-state index in [1.54, 1.807) is 0 Å². The molecule has 0 aliphatic rings. The first kappa shape index (κ1) is 18.0. The van der Waals surface area contributed by atoms with E-state index in [9.17, 15) is 13.9 Å². The van der Waals surface area contributed by atoms with E-state index in [1.165, 1.54) is 0 Å². The van der Waals surface area contributed by atoms with Crippen LogP contribution in [0, 0.1) is 0 Å². The summed E-state index contributed by atoms with van der Waals surface area (Å²) in [4.78, 5) is 0. The molecule has 0 saturated carbocycles. The highest BCUT2D eigenvalue weighted by atomic mass is 28.4. The van der Waals surface area contributed by atoms with Crippen LogP contribution in [0.4, 0.5) is 8.78 Å². The van der Waals surface area contributed by atoms with Crippen molar-refractivity contribution in [1.29, 1.82) is 0 Å².